The van der Waals surface area contributed by atoms with Crippen LogP contribution in [0.25, 0.3) is 5.88 Å². The molecule has 0 bridgehead atoms. The second kappa shape index (κ2) is 7.48. The van der Waals surface area contributed by atoms with Gasteiger partial charge in [-0.15, -0.1) is 0 Å². The van der Waals surface area contributed by atoms with Crippen molar-refractivity contribution in [2.45, 2.75) is 19.5 Å². The number of hydrogen-bond acceptors (Lipinski definition) is 4. The SMILES string of the molecule is Cc1oc(-n2cccc2)c(C#N)c1C(=O)N1CCCN(CC(F)(F)F)CC1. The summed E-state index contributed by atoms with van der Waals surface area (Å²) in [7, 11) is 0. The molecule has 1 aliphatic heterocycles. The summed E-state index contributed by atoms with van der Waals surface area (Å²) in [4.78, 5) is 15.8. The van der Waals surface area contributed by atoms with Crippen LogP contribution in [0, 0.1) is 18.3 Å². The van der Waals surface area contributed by atoms with Crippen molar-refractivity contribution >= 4 is 5.91 Å². The molecule has 2 aromatic heterocycles. The molecule has 0 saturated carbocycles. The van der Waals surface area contributed by atoms with Crippen molar-refractivity contribution in [1.82, 2.24) is 14.4 Å². The number of halogens is 3. The number of amides is 1. The fraction of sp³-hybridized carbons (Fsp3) is 0.444. The molecule has 0 spiro atoms. The van der Waals surface area contributed by atoms with Crippen LogP contribution in [0.15, 0.2) is 28.9 Å². The van der Waals surface area contributed by atoms with Gasteiger partial charge in [-0.25, -0.2) is 0 Å². The lowest BCUT2D eigenvalue weighted by atomic mass is 10.1. The third-order valence-corrected chi connectivity index (χ3v) is 4.51. The van der Waals surface area contributed by atoms with Gasteiger partial charge in [0.2, 0.25) is 5.88 Å². The van der Waals surface area contributed by atoms with E-state index in [9.17, 15) is 23.2 Å². The first-order valence-corrected chi connectivity index (χ1v) is 8.55. The molecular formula is C18H19F3N4O2. The van der Waals surface area contributed by atoms with E-state index >= 15 is 0 Å². The lowest BCUT2D eigenvalue weighted by molar-refractivity contribution is -0.145. The monoisotopic (exact) mass is 380 g/mol. The van der Waals surface area contributed by atoms with E-state index in [4.69, 9.17) is 4.42 Å². The van der Waals surface area contributed by atoms with E-state index in [-0.39, 0.29) is 42.6 Å². The van der Waals surface area contributed by atoms with Gasteiger partial charge < -0.3 is 9.32 Å². The molecule has 0 aliphatic carbocycles. The number of nitriles is 1. The molecule has 144 valence electrons. The van der Waals surface area contributed by atoms with Crippen molar-refractivity contribution in [2.75, 3.05) is 32.7 Å². The van der Waals surface area contributed by atoms with E-state index < -0.39 is 12.7 Å². The molecule has 6 nitrogen and oxygen atoms in total. The first-order chi connectivity index (χ1) is 12.8. The van der Waals surface area contributed by atoms with Crippen molar-refractivity contribution in [1.29, 1.82) is 5.26 Å². The van der Waals surface area contributed by atoms with Gasteiger partial charge in [-0.1, -0.05) is 0 Å². The minimum absolute atomic E-state index is 0.130. The number of carbonyl (C=O) groups excluding carboxylic acids is 1. The third-order valence-electron chi connectivity index (χ3n) is 4.51. The number of furan rings is 1. The fourth-order valence-electron chi connectivity index (χ4n) is 3.29. The summed E-state index contributed by atoms with van der Waals surface area (Å²) in [6, 6.07) is 5.56. The number of alkyl halides is 3. The predicted molar refractivity (Wildman–Crippen MR) is 90.5 cm³/mol. The molecule has 9 heteroatoms. The molecule has 0 unspecified atom stereocenters. The van der Waals surface area contributed by atoms with Crippen LogP contribution < -0.4 is 0 Å². The normalized spacial score (nSPS) is 16.2. The lowest BCUT2D eigenvalue weighted by Crippen LogP contribution is -2.38. The number of aryl methyl sites for hydroxylation is 1. The van der Waals surface area contributed by atoms with E-state index in [1.54, 1.807) is 36.0 Å². The molecule has 0 atom stereocenters. The van der Waals surface area contributed by atoms with E-state index in [0.29, 0.717) is 18.7 Å². The zero-order valence-electron chi connectivity index (χ0n) is 14.8. The molecule has 3 heterocycles. The third kappa shape index (κ3) is 4.17. The van der Waals surface area contributed by atoms with Crippen LogP contribution >= 0.6 is 0 Å². The first-order valence-electron chi connectivity index (χ1n) is 8.55. The smallest absolute Gasteiger partial charge is 0.401 e. The molecule has 0 aromatic carbocycles. The van der Waals surface area contributed by atoms with Gasteiger partial charge in [0.25, 0.3) is 5.91 Å². The Bertz CT molecular complexity index is 849. The van der Waals surface area contributed by atoms with Crippen LogP contribution in [0.4, 0.5) is 13.2 Å². The number of hydrogen-bond donors (Lipinski definition) is 0. The average Bonchev–Trinajstić information content (AvgIpc) is 3.16. The Kier molecular flexibility index (Phi) is 5.28. The number of rotatable bonds is 3. The van der Waals surface area contributed by atoms with E-state index in [1.165, 1.54) is 9.80 Å². The van der Waals surface area contributed by atoms with Gasteiger partial charge in [0.15, 0.2) is 0 Å². The average molecular weight is 380 g/mol. The van der Waals surface area contributed by atoms with Gasteiger partial charge in [0.05, 0.1) is 6.54 Å². The van der Waals surface area contributed by atoms with Crippen LogP contribution in [0.2, 0.25) is 0 Å². The van der Waals surface area contributed by atoms with Crippen LogP contribution in [-0.2, 0) is 0 Å². The molecule has 27 heavy (non-hydrogen) atoms. The largest absolute Gasteiger partial charge is 0.443 e. The molecule has 1 fully saturated rings. The van der Waals surface area contributed by atoms with Gasteiger partial charge in [0.1, 0.15) is 23.0 Å². The minimum atomic E-state index is -4.26. The zero-order chi connectivity index (χ0) is 19.6. The van der Waals surface area contributed by atoms with E-state index in [0.717, 1.165) is 0 Å². The maximum absolute atomic E-state index is 13.0. The number of aromatic nitrogens is 1. The van der Waals surface area contributed by atoms with Gasteiger partial charge >= 0.3 is 6.18 Å². The summed E-state index contributed by atoms with van der Waals surface area (Å²) in [6.45, 7) is 1.53. The highest BCUT2D eigenvalue weighted by Gasteiger charge is 2.33. The molecule has 0 radical (unpaired) electrons. The summed E-state index contributed by atoms with van der Waals surface area (Å²) >= 11 is 0. The highest BCUT2D eigenvalue weighted by Crippen LogP contribution is 2.27. The van der Waals surface area contributed by atoms with Crippen molar-refractivity contribution < 1.29 is 22.4 Å². The van der Waals surface area contributed by atoms with Crippen LogP contribution in [0.3, 0.4) is 0 Å². The predicted octanol–water partition coefficient (Wildman–Crippen LogP) is 2.96. The number of carbonyl (C=O) groups is 1. The van der Waals surface area contributed by atoms with Gasteiger partial charge in [-0.3, -0.25) is 14.3 Å². The Morgan fingerprint density at radius 1 is 1.22 bits per heavy atom. The summed E-state index contributed by atoms with van der Waals surface area (Å²) in [5.74, 6) is 0.188. The molecule has 1 saturated heterocycles. The molecule has 0 N–H and O–H groups in total. The molecule has 3 rings (SSSR count). The van der Waals surface area contributed by atoms with Crippen LogP contribution in [0.5, 0.6) is 0 Å². The summed E-state index contributed by atoms with van der Waals surface area (Å²) in [5, 5.41) is 9.56. The lowest BCUT2D eigenvalue weighted by Gasteiger charge is -2.22. The van der Waals surface area contributed by atoms with Gasteiger partial charge in [0, 0.05) is 38.6 Å². The van der Waals surface area contributed by atoms with Crippen molar-refractivity contribution in [3.05, 3.63) is 41.4 Å². The van der Waals surface area contributed by atoms with Crippen LogP contribution in [0.1, 0.15) is 28.1 Å². The Labute approximate surface area is 154 Å². The summed E-state index contributed by atoms with van der Waals surface area (Å²) in [6.07, 6.45) is -0.423. The topological polar surface area (TPSA) is 65.4 Å². The Morgan fingerprint density at radius 2 is 1.93 bits per heavy atom. The minimum Gasteiger partial charge on any atom is -0.443 e. The van der Waals surface area contributed by atoms with E-state index in [1.807, 2.05) is 6.07 Å². The van der Waals surface area contributed by atoms with Crippen molar-refractivity contribution in [3.8, 4) is 12.0 Å². The van der Waals surface area contributed by atoms with E-state index in [2.05, 4.69) is 0 Å². The second-order valence-electron chi connectivity index (χ2n) is 6.45. The number of nitrogens with zero attached hydrogens (tertiary/aromatic N) is 4. The second-order valence-corrected chi connectivity index (χ2v) is 6.45. The molecule has 1 amide bonds. The quantitative estimate of drug-likeness (QED) is 0.821. The van der Waals surface area contributed by atoms with Gasteiger partial charge in [-0.05, 0) is 25.5 Å². The fourth-order valence-corrected chi connectivity index (χ4v) is 3.29. The highest BCUT2D eigenvalue weighted by atomic mass is 19.4. The maximum Gasteiger partial charge on any atom is 0.401 e. The Morgan fingerprint density at radius 3 is 2.56 bits per heavy atom. The summed E-state index contributed by atoms with van der Waals surface area (Å²) in [5.41, 5.74) is 0.301. The highest BCUT2D eigenvalue weighted by molar-refractivity contribution is 5.98. The van der Waals surface area contributed by atoms with Crippen molar-refractivity contribution in [2.24, 2.45) is 0 Å². The van der Waals surface area contributed by atoms with Gasteiger partial charge in [-0.2, -0.15) is 18.4 Å². The van der Waals surface area contributed by atoms with Crippen LogP contribution in [-0.4, -0.2) is 59.2 Å². The first kappa shape index (κ1) is 19.0. The maximum atomic E-state index is 13.0. The Balaban J connectivity index is 1.81. The molecular weight excluding hydrogens is 361 g/mol. The summed E-state index contributed by atoms with van der Waals surface area (Å²) < 4.78 is 45.1. The Hall–Kier alpha value is -2.73. The van der Waals surface area contributed by atoms with Crippen molar-refractivity contribution in [3.63, 3.8) is 0 Å². The molecule has 1 aliphatic rings. The molecule has 2 aromatic rings. The zero-order valence-corrected chi connectivity index (χ0v) is 14.8. The standard InChI is InChI=1S/C18H19F3N4O2/c1-13-15(14(11-22)17(27-13)25-6-2-3-7-25)16(26)24-8-4-5-23(9-10-24)12-18(19,20)21/h2-3,6-7H,4-5,8-10,12H2,1H3.